The number of carbonyl (C=O) groups is 1. The van der Waals surface area contributed by atoms with Crippen LogP contribution in [0.1, 0.15) is 47.5 Å². The largest absolute Gasteiger partial charge is 0.668 e. The summed E-state index contributed by atoms with van der Waals surface area (Å²) in [5, 5.41) is 7.72. The minimum atomic E-state index is -0.745. The smallest absolute Gasteiger partial charge is 0.482 e. The summed E-state index contributed by atoms with van der Waals surface area (Å²) >= 11 is -0.247. The van der Waals surface area contributed by atoms with E-state index in [-0.39, 0.29) is 22.3 Å². The number of hydrogen-bond acceptors (Lipinski definition) is 3. The van der Waals surface area contributed by atoms with E-state index in [0.29, 0.717) is 12.2 Å². The molecule has 0 saturated carbocycles. The summed E-state index contributed by atoms with van der Waals surface area (Å²) in [7, 11) is 0. The summed E-state index contributed by atoms with van der Waals surface area (Å²) in [6, 6.07) is 0. The molecule has 4 nitrogen and oxygen atoms in total. The zero-order chi connectivity index (χ0) is 12.3. The van der Waals surface area contributed by atoms with Gasteiger partial charge in [0.2, 0.25) is 0 Å². The SMILES string of the molecule is CCC(=O)O.CCC(C)[O][Al][O]C(C)C. The van der Waals surface area contributed by atoms with Crippen LogP contribution in [0.3, 0.4) is 0 Å². The first-order chi connectivity index (χ1) is 6.93. The van der Waals surface area contributed by atoms with Crippen LogP contribution in [0.25, 0.3) is 0 Å². The molecule has 1 atom stereocenters. The molecule has 0 aromatic rings. The van der Waals surface area contributed by atoms with Crippen molar-refractivity contribution in [3.05, 3.63) is 0 Å². The molecule has 0 aromatic heterocycles. The highest BCUT2D eigenvalue weighted by Gasteiger charge is 2.04. The average molecular weight is 233 g/mol. The highest BCUT2D eigenvalue weighted by atomic mass is 27.2. The van der Waals surface area contributed by atoms with E-state index in [2.05, 4.69) is 13.8 Å². The van der Waals surface area contributed by atoms with Gasteiger partial charge in [0.1, 0.15) is 0 Å². The predicted molar refractivity (Wildman–Crippen MR) is 60.7 cm³/mol. The van der Waals surface area contributed by atoms with Gasteiger partial charge in [0, 0.05) is 18.6 Å². The Balaban J connectivity index is 0. The Morgan fingerprint density at radius 1 is 1.27 bits per heavy atom. The summed E-state index contributed by atoms with van der Waals surface area (Å²) < 4.78 is 10.6. The molecule has 0 aliphatic carbocycles. The Morgan fingerprint density at radius 2 is 1.73 bits per heavy atom. The summed E-state index contributed by atoms with van der Waals surface area (Å²) in [5.74, 6) is -0.745. The molecule has 0 saturated heterocycles. The van der Waals surface area contributed by atoms with Crippen molar-refractivity contribution < 1.29 is 17.5 Å². The van der Waals surface area contributed by atoms with Crippen LogP contribution >= 0.6 is 0 Å². The van der Waals surface area contributed by atoms with Crippen molar-refractivity contribution in [3.8, 4) is 0 Å². The third-order valence-electron chi connectivity index (χ3n) is 1.49. The summed E-state index contributed by atoms with van der Waals surface area (Å²) in [5.41, 5.74) is 0. The first-order valence-electron chi connectivity index (χ1n) is 5.28. The third kappa shape index (κ3) is 20.1. The molecule has 89 valence electrons. The van der Waals surface area contributed by atoms with E-state index < -0.39 is 5.97 Å². The maximum Gasteiger partial charge on any atom is 0.668 e. The fourth-order valence-electron chi connectivity index (χ4n) is 0.334. The minimum absolute atomic E-state index is 0.222. The first-order valence-corrected chi connectivity index (χ1v) is 6.22. The van der Waals surface area contributed by atoms with Gasteiger partial charge in [-0.15, -0.1) is 0 Å². The van der Waals surface area contributed by atoms with Gasteiger partial charge in [-0.05, 0) is 27.2 Å². The van der Waals surface area contributed by atoms with Gasteiger partial charge < -0.3 is 12.7 Å². The lowest BCUT2D eigenvalue weighted by Crippen LogP contribution is -2.16. The minimum Gasteiger partial charge on any atom is -0.482 e. The highest BCUT2D eigenvalue weighted by Crippen LogP contribution is 1.95. The molecule has 1 N–H and O–H groups in total. The van der Waals surface area contributed by atoms with Gasteiger partial charge in [0.25, 0.3) is 0 Å². The molecule has 15 heavy (non-hydrogen) atoms. The maximum atomic E-state index is 9.37. The molecular formula is C10H22AlO4. The zero-order valence-electron chi connectivity index (χ0n) is 10.3. The van der Waals surface area contributed by atoms with Gasteiger partial charge >= 0.3 is 21.9 Å². The first kappa shape index (κ1) is 17.3. The van der Waals surface area contributed by atoms with Gasteiger partial charge in [0.15, 0.2) is 0 Å². The van der Waals surface area contributed by atoms with Gasteiger partial charge in [-0.1, -0.05) is 13.8 Å². The van der Waals surface area contributed by atoms with Gasteiger partial charge in [-0.25, -0.2) is 0 Å². The Bertz CT molecular complexity index is 150. The average Bonchev–Trinajstić information content (AvgIpc) is 2.17. The fraction of sp³-hybridized carbons (Fsp3) is 0.900. The second-order valence-electron chi connectivity index (χ2n) is 3.38. The van der Waals surface area contributed by atoms with Crippen molar-refractivity contribution in [2.45, 2.75) is 59.7 Å². The lowest BCUT2D eigenvalue weighted by atomic mass is 10.3. The lowest BCUT2D eigenvalue weighted by molar-refractivity contribution is -0.136. The van der Waals surface area contributed by atoms with E-state index in [0.717, 1.165) is 6.42 Å². The molecule has 0 rings (SSSR count). The summed E-state index contributed by atoms with van der Waals surface area (Å²) in [6.45, 7) is 9.82. The van der Waals surface area contributed by atoms with Crippen molar-refractivity contribution >= 4 is 21.9 Å². The highest BCUT2D eigenvalue weighted by molar-refractivity contribution is 6.18. The second-order valence-corrected chi connectivity index (χ2v) is 4.12. The summed E-state index contributed by atoms with van der Waals surface area (Å²) in [4.78, 5) is 9.37. The van der Waals surface area contributed by atoms with Crippen LogP contribution in [-0.2, 0) is 12.4 Å². The Hall–Kier alpha value is -0.0775. The van der Waals surface area contributed by atoms with Crippen molar-refractivity contribution in [1.82, 2.24) is 0 Å². The molecule has 0 fully saturated rings. The lowest BCUT2D eigenvalue weighted by Gasteiger charge is -2.11. The maximum absolute atomic E-state index is 9.37. The van der Waals surface area contributed by atoms with E-state index in [1.54, 1.807) is 6.92 Å². The van der Waals surface area contributed by atoms with E-state index >= 15 is 0 Å². The number of hydrogen-bond donors (Lipinski definition) is 1. The van der Waals surface area contributed by atoms with Crippen LogP contribution in [0.4, 0.5) is 0 Å². The molecule has 1 radical (unpaired) electrons. The zero-order valence-corrected chi connectivity index (χ0v) is 11.5. The summed E-state index contributed by atoms with van der Waals surface area (Å²) in [6.07, 6.45) is 1.95. The van der Waals surface area contributed by atoms with Gasteiger partial charge in [0.05, 0.1) is 0 Å². The fourth-order valence-corrected chi connectivity index (χ4v) is 1.00. The topological polar surface area (TPSA) is 55.8 Å². The van der Waals surface area contributed by atoms with Crippen molar-refractivity contribution in [2.24, 2.45) is 0 Å². The van der Waals surface area contributed by atoms with Crippen LogP contribution in [0.5, 0.6) is 0 Å². The monoisotopic (exact) mass is 233 g/mol. The van der Waals surface area contributed by atoms with E-state index in [1.807, 2.05) is 13.8 Å². The van der Waals surface area contributed by atoms with Crippen molar-refractivity contribution in [1.29, 1.82) is 0 Å². The number of carboxylic acid groups (broad SMARTS) is 1. The molecule has 0 spiro atoms. The molecule has 0 aliphatic heterocycles. The normalized spacial score (nSPS) is 11.6. The standard InChI is InChI=1S/C4H9O.C3H6O2.C3H7O.Al/c1-3-4(2)5;1-2-3(4)5;1-3(2)4;/h4H,3H2,1-2H3;2H2,1H3,(H,4,5);3H,1-2H3;/q-1;;-1;+2. The van der Waals surface area contributed by atoms with E-state index in [4.69, 9.17) is 12.7 Å². The number of rotatable bonds is 6. The second kappa shape index (κ2) is 12.0. The molecular weight excluding hydrogens is 211 g/mol. The van der Waals surface area contributed by atoms with Crippen LogP contribution in [0.15, 0.2) is 0 Å². The Morgan fingerprint density at radius 3 is 2.00 bits per heavy atom. The molecule has 1 unspecified atom stereocenters. The number of aliphatic carboxylic acids is 1. The molecule has 0 aliphatic rings. The van der Waals surface area contributed by atoms with E-state index in [1.165, 1.54) is 0 Å². The van der Waals surface area contributed by atoms with Crippen molar-refractivity contribution in [2.75, 3.05) is 0 Å². The predicted octanol–water partition coefficient (Wildman–Crippen LogP) is 2.24. The molecule has 5 heteroatoms. The van der Waals surface area contributed by atoms with Crippen LogP contribution in [-0.4, -0.2) is 39.2 Å². The Labute approximate surface area is 99.3 Å². The van der Waals surface area contributed by atoms with Gasteiger partial charge in [-0.2, -0.15) is 0 Å². The van der Waals surface area contributed by atoms with Gasteiger partial charge in [-0.3, -0.25) is 4.79 Å². The molecule has 0 amide bonds. The molecule has 0 aromatic carbocycles. The third-order valence-corrected chi connectivity index (χ3v) is 2.72. The molecule has 0 bridgehead atoms. The molecule has 0 heterocycles. The van der Waals surface area contributed by atoms with Crippen LogP contribution in [0, 0.1) is 0 Å². The quantitative estimate of drug-likeness (QED) is 0.715. The number of carboxylic acids is 1. The van der Waals surface area contributed by atoms with Crippen molar-refractivity contribution in [3.63, 3.8) is 0 Å². The van der Waals surface area contributed by atoms with Crippen LogP contribution in [0.2, 0.25) is 0 Å². The van der Waals surface area contributed by atoms with Crippen LogP contribution < -0.4 is 0 Å². The Kier molecular flexibility index (Phi) is 13.9. The van der Waals surface area contributed by atoms with E-state index in [9.17, 15) is 4.79 Å².